The molecule has 8 heteroatoms. The Kier molecular flexibility index (Phi) is 5.68. The van der Waals surface area contributed by atoms with Crippen LogP contribution in [0.2, 0.25) is 0 Å². The third-order valence-corrected chi connectivity index (χ3v) is 5.43. The minimum absolute atomic E-state index is 0.242. The van der Waals surface area contributed by atoms with Gasteiger partial charge in [0.25, 0.3) is 11.8 Å². The second-order valence-electron chi connectivity index (χ2n) is 7.40. The van der Waals surface area contributed by atoms with Crippen molar-refractivity contribution in [3.8, 4) is 0 Å². The molecule has 0 saturated carbocycles. The third-order valence-electron chi connectivity index (χ3n) is 5.43. The zero-order valence-electron chi connectivity index (χ0n) is 16.7. The minimum atomic E-state index is -1.36. The van der Waals surface area contributed by atoms with Crippen LogP contribution in [0.15, 0.2) is 72.8 Å². The summed E-state index contributed by atoms with van der Waals surface area (Å²) >= 11 is 0. The highest BCUT2D eigenvalue weighted by Crippen LogP contribution is 2.31. The Morgan fingerprint density at radius 1 is 0.812 bits per heavy atom. The van der Waals surface area contributed by atoms with Crippen LogP contribution in [-0.4, -0.2) is 40.5 Å². The lowest BCUT2D eigenvalue weighted by Crippen LogP contribution is -2.48. The predicted molar refractivity (Wildman–Crippen MR) is 111 cm³/mol. The second kappa shape index (κ2) is 8.58. The fourth-order valence-corrected chi connectivity index (χ4v) is 3.99. The molecule has 0 saturated heterocycles. The maximum atomic E-state index is 13.5. The quantitative estimate of drug-likeness (QED) is 0.572. The van der Waals surface area contributed by atoms with Crippen molar-refractivity contribution in [1.82, 2.24) is 10.2 Å². The van der Waals surface area contributed by atoms with E-state index in [0.717, 1.165) is 4.90 Å². The van der Waals surface area contributed by atoms with Crippen LogP contribution in [0.5, 0.6) is 0 Å². The van der Waals surface area contributed by atoms with Gasteiger partial charge < -0.3 is 10.4 Å². The standard InChI is InChI=1S/C24H18F2N2O4/c25-16-9-5-14(6-10-16)21(15-7-11-17(26)12-8-15)20(27-24(31)32)13-28-22(29)18-3-1-2-4-19(18)23(28)30/h1-12,20-21,27H,13H2,(H,31,32)/t20-/m1/s1. The predicted octanol–water partition coefficient (Wildman–Crippen LogP) is 4.03. The number of imide groups is 1. The van der Waals surface area contributed by atoms with Crippen molar-refractivity contribution < 1.29 is 28.3 Å². The van der Waals surface area contributed by atoms with Gasteiger partial charge in [0, 0.05) is 5.92 Å². The van der Waals surface area contributed by atoms with Crippen LogP contribution in [0.25, 0.3) is 0 Å². The van der Waals surface area contributed by atoms with Crippen LogP contribution >= 0.6 is 0 Å². The van der Waals surface area contributed by atoms with Gasteiger partial charge in [-0.3, -0.25) is 14.5 Å². The lowest BCUT2D eigenvalue weighted by atomic mass is 9.84. The largest absolute Gasteiger partial charge is 0.465 e. The smallest absolute Gasteiger partial charge is 0.404 e. The second-order valence-corrected chi connectivity index (χ2v) is 7.40. The Morgan fingerprint density at radius 2 is 1.25 bits per heavy atom. The summed E-state index contributed by atoms with van der Waals surface area (Å²) in [4.78, 5) is 38.3. The Morgan fingerprint density at radius 3 is 1.66 bits per heavy atom. The van der Waals surface area contributed by atoms with Crippen LogP contribution in [0.3, 0.4) is 0 Å². The van der Waals surface area contributed by atoms with Gasteiger partial charge in [-0.1, -0.05) is 36.4 Å². The van der Waals surface area contributed by atoms with E-state index in [1.807, 2.05) is 0 Å². The van der Waals surface area contributed by atoms with Gasteiger partial charge in [0.1, 0.15) is 11.6 Å². The summed E-state index contributed by atoms with van der Waals surface area (Å²) in [6.07, 6.45) is -1.36. The molecule has 4 rings (SSSR count). The van der Waals surface area contributed by atoms with Crippen LogP contribution in [-0.2, 0) is 0 Å². The average Bonchev–Trinajstić information content (AvgIpc) is 3.01. The monoisotopic (exact) mass is 436 g/mol. The zero-order chi connectivity index (χ0) is 22.8. The molecule has 0 fully saturated rings. The maximum absolute atomic E-state index is 13.5. The Bertz CT molecular complexity index is 1100. The van der Waals surface area contributed by atoms with Gasteiger partial charge in [-0.05, 0) is 47.5 Å². The van der Waals surface area contributed by atoms with Crippen molar-refractivity contribution in [2.45, 2.75) is 12.0 Å². The molecule has 3 aromatic rings. The topological polar surface area (TPSA) is 86.7 Å². The number of amides is 3. The van der Waals surface area contributed by atoms with Gasteiger partial charge in [0.15, 0.2) is 0 Å². The van der Waals surface area contributed by atoms with Crippen LogP contribution in [0, 0.1) is 11.6 Å². The number of carbonyl (C=O) groups is 3. The molecule has 0 bridgehead atoms. The lowest BCUT2D eigenvalue weighted by molar-refractivity contribution is 0.0632. The molecule has 0 spiro atoms. The number of carboxylic acid groups (broad SMARTS) is 1. The molecule has 1 heterocycles. The van der Waals surface area contributed by atoms with Crippen LogP contribution < -0.4 is 5.32 Å². The van der Waals surface area contributed by atoms with Crippen LogP contribution in [0.4, 0.5) is 13.6 Å². The van der Waals surface area contributed by atoms with Gasteiger partial charge in [-0.2, -0.15) is 0 Å². The Balaban J connectivity index is 1.75. The van der Waals surface area contributed by atoms with E-state index in [2.05, 4.69) is 5.32 Å². The molecule has 3 amide bonds. The Labute approximate surface area is 182 Å². The summed E-state index contributed by atoms with van der Waals surface area (Å²) in [7, 11) is 0. The fourth-order valence-electron chi connectivity index (χ4n) is 3.99. The molecule has 0 unspecified atom stereocenters. The summed E-state index contributed by atoms with van der Waals surface area (Å²) in [5.74, 6) is -2.74. The first-order valence-electron chi connectivity index (χ1n) is 9.81. The third kappa shape index (κ3) is 4.07. The summed E-state index contributed by atoms with van der Waals surface area (Å²) in [6, 6.07) is 16.2. The van der Waals surface area contributed by atoms with E-state index in [9.17, 15) is 28.3 Å². The first kappa shape index (κ1) is 21.2. The van der Waals surface area contributed by atoms with Crippen molar-refractivity contribution >= 4 is 17.9 Å². The summed E-state index contributed by atoms with van der Waals surface area (Å²) in [5.41, 5.74) is 1.56. The molecular weight excluding hydrogens is 418 g/mol. The number of nitrogens with zero attached hydrogens (tertiary/aromatic N) is 1. The van der Waals surface area contributed by atoms with E-state index in [0.29, 0.717) is 11.1 Å². The van der Waals surface area contributed by atoms with Crippen molar-refractivity contribution in [3.63, 3.8) is 0 Å². The number of hydrogen-bond acceptors (Lipinski definition) is 3. The number of fused-ring (bicyclic) bond motifs is 1. The highest BCUT2D eigenvalue weighted by atomic mass is 19.1. The molecule has 6 nitrogen and oxygen atoms in total. The number of rotatable bonds is 6. The highest BCUT2D eigenvalue weighted by molar-refractivity contribution is 6.21. The molecule has 0 aliphatic carbocycles. The normalized spacial score (nSPS) is 13.9. The fraction of sp³-hybridized carbons (Fsp3) is 0.125. The van der Waals surface area contributed by atoms with E-state index >= 15 is 0 Å². The van der Waals surface area contributed by atoms with E-state index in [1.54, 1.807) is 12.1 Å². The van der Waals surface area contributed by atoms with Gasteiger partial charge in [0.05, 0.1) is 23.7 Å². The molecule has 32 heavy (non-hydrogen) atoms. The molecule has 1 aliphatic rings. The average molecular weight is 436 g/mol. The van der Waals surface area contributed by atoms with Gasteiger partial charge in [0.2, 0.25) is 0 Å². The summed E-state index contributed by atoms with van der Waals surface area (Å²) < 4.78 is 27.1. The summed E-state index contributed by atoms with van der Waals surface area (Å²) in [6.45, 7) is -0.266. The molecule has 3 aromatic carbocycles. The number of carbonyl (C=O) groups excluding carboxylic acids is 2. The number of nitrogens with one attached hydrogen (secondary N) is 1. The van der Waals surface area contributed by atoms with E-state index in [1.165, 1.54) is 60.7 Å². The number of hydrogen-bond donors (Lipinski definition) is 2. The molecular formula is C24H18F2N2O4. The zero-order valence-corrected chi connectivity index (χ0v) is 16.7. The van der Waals surface area contributed by atoms with E-state index in [4.69, 9.17) is 0 Å². The number of benzene rings is 3. The molecule has 0 radical (unpaired) electrons. The molecule has 1 atom stereocenters. The highest BCUT2D eigenvalue weighted by Gasteiger charge is 2.39. The first-order chi connectivity index (χ1) is 15.3. The van der Waals surface area contributed by atoms with Gasteiger partial charge in [-0.25, -0.2) is 13.6 Å². The van der Waals surface area contributed by atoms with Gasteiger partial charge in [-0.15, -0.1) is 0 Å². The van der Waals surface area contributed by atoms with Crippen molar-refractivity contribution in [2.24, 2.45) is 0 Å². The first-order valence-corrected chi connectivity index (χ1v) is 9.81. The molecule has 162 valence electrons. The molecule has 1 aliphatic heterocycles. The minimum Gasteiger partial charge on any atom is -0.465 e. The number of halogens is 2. The lowest BCUT2D eigenvalue weighted by Gasteiger charge is -2.31. The van der Waals surface area contributed by atoms with E-state index < -0.39 is 41.5 Å². The molecule has 2 N–H and O–H groups in total. The Hall–Kier alpha value is -4.07. The van der Waals surface area contributed by atoms with Crippen LogP contribution in [0.1, 0.15) is 37.8 Å². The van der Waals surface area contributed by atoms with Gasteiger partial charge >= 0.3 is 6.09 Å². The molecule has 0 aromatic heterocycles. The summed E-state index contributed by atoms with van der Waals surface area (Å²) in [5, 5.41) is 11.9. The SMILES string of the molecule is O=C(O)N[C@H](CN1C(=O)c2ccccc2C1=O)C(c1ccc(F)cc1)c1ccc(F)cc1. The van der Waals surface area contributed by atoms with Crippen molar-refractivity contribution in [3.05, 3.63) is 107 Å². The van der Waals surface area contributed by atoms with Crippen molar-refractivity contribution in [1.29, 1.82) is 0 Å². The van der Waals surface area contributed by atoms with Crippen molar-refractivity contribution in [2.75, 3.05) is 6.54 Å². The maximum Gasteiger partial charge on any atom is 0.404 e. The van der Waals surface area contributed by atoms with E-state index in [-0.39, 0.29) is 17.7 Å².